The molecule has 2 aromatic heterocycles. The summed E-state index contributed by atoms with van der Waals surface area (Å²) in [5.74, 6) is 1.69. The number of nitrogens with zero attached hydrogens (tertiary/aromatic N) is 4. The lowest BCUT2D eigenvalue weighted by Crippen LogP contribution is -2.26. The second-order valence-electron chi connectivity index (χ2n) is 6.22. The summed E-state index contributed by atoms with van der Waals surface area (Å²) < 4.78 is 7.55. The lowest BCUT2D eigenvalue weighted by molar-refractivity contribution is -0.127. The molecule has 3 heterocycles. The lowest BCUT2D eigenvalue weighted by Gasteiger charge is -2.15. The van der Waals surface area contributed by atoms with Crippen LogP contribution in [0, 0.1) is 0 Å². The zero-order valence-electron chi connectivity index (χ0n) is 14.0. The highest BCUT2D eigenvalue weighted by atomic mass is 16.5. The summed E-state index contributed by atoms with van der Waals surface area (Å²) in [7, 11) is 0. The zero-order chi connectivity index (χ0) is 17.1. The second-order valence-corrected chi connectivity index (χ2v) is 6.22. The molecular weight excluding hydrogens is 316 g/mol. The fourth-order valence-corrected chi connectivity index (χ4v) is 3.21. The summed E-state index contributed by atoms with van der Waals surface area (Å²) in [6.07, 6.45) is 6.27. The van der Waals surface area contributed by atoms with Crippen molar-refractivity contribution in [3.63, 3.8) is 0 Å². The Balaban J connectivity index is 1.44. The van der Waals surface area contributed by atoms with Gasteiger partial charge in [0.15, 0.2) is 5.82 Å². The number of aromatic nitrogens is 3. The highest BCUT2D eigenvalue weighted by Crippen LogP contribution is 2.25. The third-order valence-corrected chi connectivity index (χ3v) is 4.51. The van der Waals surface area contributed by atoms with E-state index < -0.39 is 0 Å². The quantitative estimate of drug-likeness (QED) is 0.693. The molecule has 1 fully saturated rings. The molecule has 1 aliphatic heterocycles. The third kappa shape index (κ3) is 3.33. The molecule has 25 heavy (non-hydrogen) atoms. The van der Waals surface area contributed by atoms with E-state index in [-0.39, 0.29) is 5.91 Å². The standard InChI is InChI=1S/C19H20N4O2/c24-18-8-4-10-22(18)11-5-12-23-13-9-20-19(23)17-14-16(21-25-17)15-6-2-1-3-7-15/h1-3,6-7,9,13-14H,4-5,8,10-12H2. The summed E-state index contributed by atoms with van der Waals surface area (Å²) in [5.41, 5.74) is 1.82. The Hall–Kier alpha value is -2.89. The number of rotatable bonds is 6. The first-order valence-electron chi connectivity index (χ1n) is 8.63. The minimum atomic E-state index is 0.272. The predicted octanol–water partition coefficient (Wildman–Crippen LogP) is 3.22. The molecule has 3 aromatic rings. The summed E-state index contributed by atoms with van der Waals surface area (Å²) in [6, 6.07) is 11.8. The van der Waals surface area contributed by atoms with Crippen molar-refractivity contribution in [2.24, 2.45) is 0 Å². The monoisotopic (exact) mass is 336 g/mol. The van der Waals surface area contributed by atoms with Gasteiger partial charge in [-0.2, -0.15) is 0 Å². The smallest absolute Gasteiger partial charge is 0.222 e. The third-order valence-electron chi connectivity index (χ3n) is 4.51. The normalized spacial score (nSPS) is 14.4. The molecule has 0 saturated carbocycles. The van der Waals surface area contributed by atoms with E-state index in [9.17, 15) is 4.79 Å². The van der Waals surface area contributed by atoms with Crippen molar-refractivity contribution in [3.8, 4) is 22.8 Å². The predicted molar refractivity (Wildman–Crippen MR) is 93.6 cm³/mol. The number of likely N-dealkylation sites (tertiary alicyclic amines) is 1. The Morgan fingerprint density at radius 2 is 2.04 bits per heavy atom. The molecule has 0 bridgehead atoms. The van der Waals surface area contributed by atoms with Gasteiger partial charge >= 0.3 is 0 Å². The first kappa shape index (κ1) is 15.6. The number of carbonyl (C=O) groups excluding carboxylic acids is 1. The van der Waals surface area contributed by atoms with Crippen molar-refractivity contribution in [2.75, 3.05) is 13.1 Å². The van der Waals surface area contributed by atoms with E-state index in [0.29, 0.717) is 12.2 Å². The molecule has 0 N–H and O–H groups in total. The van der Waals surface area contributed by atoms with E-state index in [4.69, 9.17) is 4.52 Å². The maximum absolute atomic E-state index is 11.7. The molecule has 0 spiro atoms. The highest BCUT2D eigenvalue weighted by Gasteiger charge is 2.19. The van der Waals surface area contributed by atoms with Crippen LogP contribution in [0.3, 0.4) is 0 Å². The molecular formula is C19H20N4O2. The molecule has 4 rings (SSSR count). The van der Waals surface area contributed by atoms with Crippen molar-refractivity contribution in [1.29, 1.82) is 0 Å². The van der Waals surface area contributed by atoms with E-state index in [1.165, 1.54) is 0 Å². The topological polar surface area (TPSA) is 64.2 Å². The number of hydrogen-bond acceptors (Lipinski definition) is 4. The van der Waals surface area contributed by atoms with Gasteiger partial charge in [-0.25, -0.2) is 4.98 Å². The van der Waals surface area contributed by atoms with Gasteiger partial charge in [-0.05, 0) is 12.8 Å². The molecule has 1 aromatic carbocycles. The maximum Gasteiger partial charge on any atom is 0.222 e. The molecule has 1 saturated heterocycles. The number of benzene rings is 1. The van der Waals surface area contributed by atoms with Crippen molar-refractivity contribution in [3.05, 3.63) is 48.8 Å². The second kappa shape index (κ2) is 6.93. The van der Waals surface area contributed by atoms with Gasteiger partial charge in [0.2, 0.25) is 11.7 Å². The number of aryl methyl sites for hydroxylation is 1. The van der Waals surface area contributed by atoms with Crippen LogP contribution in [0.15, 0.2) is 53.3 Å². The Morgan fingerprint density at radius 1 is 1.16 bits per heavy atom. The van der Waals surface area contributed by atoms with E-state index >= 15 is 0 Å². The van der Waals surface area contributed by atoms with Crippen LogP contribution in [0.5, 0.6) is 0 Å². The Morgan fingerprint density at radius 3 is 2.84 bits per heavy atom. The van der Waals surface area contributed by atoms with E-state index in [0.717, 1.165) is 49.6 Å². The van der Waals surface area contributed by atoms with Crippen LogP contribution in [0.2, 0.25) is 0 Å². The molecule has 6 heteroatoms. The summed E-state index contributed by atoms with van der Waals surface area (Å²) in [6.45, 7) is 2.47. The van der Waals surface area contributed by atoms with Gasteiger partial charge in [-0.3, -0.25) is 4.79 Å². The SMILES string of the molecule is O=C1CCCN1CCCn1ccnc1-c1cc(-c2ccccc2)no1. The van der Waals surface area contributed by atoms with E-state index in [1.807, 2.05) is 47.5 Å². The molecule has 0 radical (unpaired) electrons. The molecule has 1 amide bonds. The fourth-order valence-electron chi connectivity index (χ4n) is 3.21. The summed E-state index contributed by atoms with van der Waals surface area (Å²) >= 11 is 0. The zero-order valence-corrected chi connectivity index (χ0v) is 14.0. The van der Waals surface area contributed by atoms with Gasteiger partial charge in [-0.1, -0.05) is 35.5 Å². The molecule has 0 unspecified atom stereocenters. The Bertz CT molecular complexity index is 853. The maximum atomic E-state index is 11.7. The first-order valence-corrected chi connectivity index (χ1v) is 8.63. The number of imidazole rings is 1. The molecule has 128 valence electrons. The molecule has 6 nitrogen and oxygen atoms in total. The van der Waals surface area contributed by atoms with E-state index in [2.05, 4.69) is 14.7 Å². The first-order chi connectivity index (χ1) is 12.3. The lowest BCUT2D eigenvalue weighted by atomic mass is 10.1. The fraction of sp³-hybridized carbons (Fsp3) is 0.316. The van der Waals surface area contributed by atoms with Gasteiger partial charge in [0.25, 0.3) is 0 Å². The van der Waals surface area contributed by atoms with Gasteiger partial charge < -0.3 is 14.0 Å². The van der Waals surface area contributed by atoms with Gasteiger partial charge in [0.1, 0.15) is 5.69 Å². The summed E-state index contributed by atoms with van der Waals surface area (Å²) in [5, 5.41) is 4.16. The van der Waals surface area contributed by atoms with Crippen molar-refractivity contribution < 1.29 is 9.32 Å². The largest absolute Gasteiger partial charge is 0.352 e. The average Bonchev–Trinajstić information content (AvgIpc) is 3.37. The van der Waals surface area contributed by atoms with Crippen LogP contribution < -0.4 is 0 Å². The molecule has 1 aliphatic rings. The highest BCUT2D eigenvalue weighted by molar-refractivity contribution is 5.78. The van der Waals surface area contributed by atoms with Crippen LogP contribution in [0.4, 0.5) is 0 Å². The number of amides is 1. The number of carbonyl (C=O) groups is 1. The Labute approximate surface area is 146 Å². The minimum Gasteiger partial charge on any atom is -0.352 e. The van der Waals surface area contributed by atoms with Crippen LogP contribution in [0.1, 0.15) is 19.3 Å². The minimum absolute atomic E-state index is 0.272. The molecule has 0 atom stereocenters. The van der Waals surface area contributed by atoms with Crippen LogP contribution >= 0.6 is 0 Å². The van der Waals surface area contributed by atoms with Crippen molar-refractivity contribution in [1.82, 2.24) is 19.6 Å². The van der Waals surface area contributed by atoms with Crippen LogP contribution in [0.25, 0.3) is 22.8 Å². The van der Waals surface area contributed by atoms with Crippen molar-refractivity contribution >= 4 is 5.91 Å². The van der Waals surface area contributed by atoms with Crippen molar-refractivity contribution in [2.45, 2.75) is 25.8 Å². The average molecular weight is 336 g/mol. The van der Waals surface area contributed by atoms with E-state index in [1.54, 1.807) is 6.20 Å². The molecule has 0 aliphatic carbocycles. The Kier molecular flexibility index (Phi) is 4.33. The van der Waals surface area contributed by atoms with Gasteiger partial charge in [0.05, 0.1) is 0 Å². The van der Waals surface area contributed by atoms with Crippen LogP contribution in [-0.2, 0) is 11.3 Å². The van der Waals surface area contributed by atoms with Gasteiger partial charge in [-0.15, -0.1) is 0 Å². The van der Waals surface area contributed by atoms with Gasteiger partial charge in [0, 0.05) is 50.1 Å². The van der Waals surface area contributed by atoms with Crippen LogP contribution in [-0.4, -0.2) is 38.6 Å². The summed E-state index contributed by atoms with van der Waals surface area (Å²) in [4.78, 5) is 18.0. The number of hydrogen-bond donors (Lipinski definition) is 0.